The third-order valence-electron chi connectivity index (χ3n) is 4.36. The molecule has 0 fully saturated rings. The van der Waals surface area contributed by atoms with E-state index in [-0.39, 0.29) is 0 Å². The summed E-state index contributed by atoms with van der Waals surface area (Å²) in [6.45, 7) is 1.85. The van der Waals surface area contributed by atoms with Crippen molar-refractivity contribution in [3.63, 3.8) is 0 Å². The highest BCUT2D eigenvalue weighted by Gasteiger charge is 2.16. The number of hydrogen-bond donors (Lipinski definition) is 3. The van der Waals surface area contributed by atoms with Gasteiger partial charge in [0.05, 0.1) is 0 Å². The van der Waals surface area contributed by atoms with Crippen LogP contribution in [-0.2, 0) is 20.0 Å². The second kappa shape index (κ2) is 8.01. The zero-order valence-corrected chi connectivity index (χ0v) is 14.9. The minimum atomic E-state index is -0.468. The van der Waals surface area contributed by atoms with Crippen LogP contribution in [-0.4, -0.2) is 32.2 Å². The molecule has 0 bridgehead atoms. The molecule has 0 atom stereocenters. The number of aryl methyl sites for hydroxylation is 3. The van der Waals surface area contributed by atoms with E-state index in [1.807, 2.05) is 22.8 Å². The van der Waals surface area contributed by atoms with Crippen molar-refractivity contribution in [3.05, 3.63) is 56.7 Å². The van der Waals surface area contributed by atoms with Crippen molar-refractivity contribution in [1.82, 2.24) is 19.1 Å². The molecule has 0 saturated heterocycles. The van der Waals surface area contributed by atoms with Gasteiger partial charge in [-0.05, 0) is 31.4 Å². The number of imidazole rings is 1. The lowest BCUT2D eigenvalue weighted by Gasteiger charge is -2.10. The van der Waals surface area contributed by atoms with E-state index in [4.69, 9.17) is 5.73 Å². The highest BCUT2D eigenvalue weighted by Crippen LogP contribution is 2.16. The normalized spacial score (nSPS) is 11.2. The Balaban J connectivity index is 1.92. The first-order valence-corrected chi connectivity index (χ1v) is 8.79. The predicted molar refractivity (Wildman–Crippen MR) is 103 cm³/mol. The molecule has 26 heavy (non-hydrogen) atoms. The van der Waals surface area contributed by atoms with E-state index >= 15 is 0 Å². The minimum Gasteiger partial charge on any atom is -0.356 e. The average molecular weight is 356 g/mol. The van der Waals surface area contributed by atoms with Crippen LogP contribution < -0.4 is 22.3 Å². The number of rotatable bonds is 8. The maximum atomic E-state index is 12.4. The lowest BCUT2D eigenvalue weighted by molar-refractivity contribution is 0.657. The Bertz CT molecular complexity index is 987. The maximum absolute atomic E-state index is 12.4. The van der Waals surface area contributed by atoms with Crippen LogP contribution in [0.15, 0.2) is 39.9 Å². The molecule has 3 rings (SSSR count). The Morgan fingerprint density at radius 2 is 1.96 bits per heavy atom. The molecular formula is C18H24N6O2. The number of H-pyrrole nitrogens is 1. The fourth-order valence-corrected chi connectivity index (χ4v) is 2.98. The summed E-state index contributed by atoms with van der Waals surface area (Å²) in [5.74, 6) is 0.591. The molecule has 0 saturated carbocycles. The number of aromatic nitrogens is 4. The molecule has 0 amide bonds. The van der Waals surface area contributed by atoms with Gasteiger partial charge in [0, 0.05) is 20.1 Å². The molecule has 8 heteroatoms. The van der Waals surface area contributed by atoms with Crippen LogP contribution in [0.4, 0.5) is 5.95 Å². The summed E-state index contributed by atoms with van der Waals surface area (Å²) in [5, 5.41) is 3.23. The number of anilines is 1. The van der Waals surface area contributed by atoms with Crippen LogP contribution in [0.2, 0.25) is 0 Å². The predicted octanol–water partition coefficient (Wildman–Crippen LogP) is 0.817. The number of fused-ring (bicyclic) bond motifs is 1. The summed E-state index contributed by atoms with van der Waals surface area (Å²) < 4.78 is 3.21. The number of benzene rings is 1. The summed E-state index contributed by atoms with van der Waals surface area (Å²) in [4.78, 5) is 31.1. The Morgan fingerprint density at radius 3 is 2.69 bits per heavy atom. The van der Waals surface area contributed by atoms with E-state index in [2.05, 4.69) is 27.4 Å². The van der Waals surface area contributed by atoms with Crippen molar-refractivity contribution in [3.8, 4) is 0 Å². The Labute approximate surface area is 150 Å². The van der Waals surface area contributed by atoms with Crippen molar-refractivity contribution in [2.75, 3.05) is 18.4 Å². The van der Waals surface area contributed by atoms with Gasteiger partial charge < -0.3 is 15.6 Å². The molecular weight excluding hydrogens is 332 g/mol. The van der Waals surface area contributed by atoms with Crippen molar-refractivity contribution in [2.45, 2.75) is 25.8 Å². The molecule has 0 aliphatic carbocycles. The van der Waals surface area contributed by atoms with Gasteiger partial charge in [-0.1, -0.05) is 30.3 Å². The molecule has 0 unspecified atom stereocenters. The molecule has 0 aliphatic heterocycles. The van der Waals surface area contributed by atoms with E-state index in [0.717, 1.165) is 19.3 Å². The van der Waals surface area contributed by atoms with Gasteiger partial charge >= 0.3 is 5.69 Å². The van der Waals surface area contributed by atoms with Crippen molar-refractivity contribution in [2.24, 2.45) is 12.8 Å². The largest absolute Gasteiger partial charge is 0.356 e. The third-order valence-corrected chi connectivity index (χ3v) is 4.36. The van der Waals surface area contributed by atoms with Gasteiger partial charge in [-0.25, -0.2) is 4.79 Å². The molecule has 3 aromatic rings. The van der Waals surface area contributed by atoms with E-state index in [1.54, 1.807) is 7.05 Å². The highest BCUT2D eigenvalue weighted by atomic mass is 16.2. The fraction of sp³-hybridized carbons (Fsp3) is 0.389. The quantitative estimate of drug-likeness (QED) is 0.518. The monoisotopic (exact) mass is 356 g/mol. The zero-order valence-electron chi connectivity index (χ0n) is 14.9. The SMILES string of the molecule is Cn1c(=O)[nH]c(=O)c2c1nc(NCCCN)n2CCCc1ccccc1. The summed E-state index contributed by atoms with van der Waals surface area (Å²) in [6.07, 6.45) is 2.54. The van der Waals surface area contributed by atoms with Crippen molar-refractivity contribution in [1.29, 1.82) is 0 Å². The van der Waals surface area contributed by atoms with Gasteiger partial charge in [-0.3, -0.25) is 14.3 Å². The van der Waals surface area contributed by atoms with Gasteiger partial charge in [0.25, 0.3) is 5.56 Å². The number of nitrogens with two attached hydrogens (primary N) is 1. The Morgan fingerprint density at radius 1 is 1.19 bits per heavy atom. The van der Waals surface area contributed by atoms with E-state index in [1.165, 1.54) is 10.1 Å². The lowest BCUT2D eigenvalue weighted by Crippen LogP contribution is -2.29. The molecule has 4 N–H and O–H groups in total. The van der Waals surface area contributed by atoms with Gasteiger partial charge in [0.15, 0.2) is 11.2 Å². The number of hydrogen-bond acceptors (Lipinski definition) is 5. The first-order valence-electron chi connectivity index (χ1n) is 8.79. The van der Waals surface area contributed by atoms with E-state index in [9.17, 15) is 9.59 Å². The van der Waals surface area contributed by atoms with Gasteiger partial charge in [-0.2, -0.15) is 4.98 Å². The molecule has 0 spiro atoms. The summed E-state index contributed by atoms with van der Waals surface area (Å²) in [5.41, 5.74) is 6.71. The van der Waals surface area contributed by atoms with Crippen LogP contribution in [0.5, 0.6) is 0 Å². The number of nitrogens with one attached hydrogen (secondary N) is 2. The summed E-state index contributed by atoms with van der Waals surface area (Å²) in [7, 11) is 1.60. The van der Waals surface area contributed by atoms with Crippen molar-refractivity contribution < 1.29 is 0 Å². The van der Waals surface area contributed by atoms with Crippen LogP contribution in [0.1, 0.15) is 18.4 Å². The molecule has 2 heterocycles. The maximum Gasteiger partial charge on any atom is 0.329 e. The molecule has 0 aliphatic rings. The molecule has 1 aromatic carbocycles. The third kappa shape index (κ3) is 3.70. The Kier molecular flexibility index (Phi) is 5.52. The molecule has 2 aromatic heterocycles. The lowest BCUT2D eigenvalue weighted by atomic mass is 10.1. The van der Waals surface area contributed by atoms with Crippen LogP contribution in [0.25, 0.3) is 11.2 Å². The van der Waals surface area contributed by atoms with Crippen LogP contribution >= 0.6 is 0 Å². The standard InChI is InChI=1S/C18H24N6O2/c1-23-15-14(16(25)22-18(23)26)24(17(21-15)20-11-6-10-19)12-5-9-13-7-3-2-4-8-13/h2-4,7-8H,5-6,9-12,19H2,1H3,(H,20,21)(H,22,25,26). The summed E-state index contributed by atoms with van der Waals surface area (Å²) >= 11 is 0. The first kappa shape index (κ1) is 17.9. The molecule has 0 radical (unpaired) electrons. The van der Waals surface area contributed by atoms with E-state index in [0.29, 0.717) is 36.7 Å². The highest BCUT2D eigenvalue weighted by molar-refractivity contribution is 5.74. The minimum absolute atomic E-state index is 0.383. The molecule has 138 valence electrons. The zero-order chi connectivity index (χ0) is 18.5. The van der Waals surface area contributed by atoms with Gasteiger partial charge in [-0.15, -0.1) is 0 Å². The fourth-order valence-electron chi connectivity index (χ4n) is 2.98. The van der Waals surface area contributed by atoms with Gasteiger partial charge in [0.2, 0.25) is 5.95 Å². The Hall–Kier alpha value is -2.87. The van der Waals surface area contributed by atoms with E-state index < -0.39 is 11.2 Å². The van der Waals surface area contributed by atoms with Crippen molar-refractivity contribution >= 4 is 17.1 Å². The smallest absolute Gasteiger partial charge is 0.329 e. The van der Waals surface area contributed by atoms with Crippen LogP contribution in [0, 0.1) is 0 Å². The molecule has 8 nitrogen and oxygen atoms in total. The average Bonchev–Trinajstić information content (AvgIpc) is 3.00. The number of nitrogens with zero attached hydrogens (tertiary/aromatic N) is 3. The topological polar surface area (TPSA) is 111 Å². The summed E-state index contributed by atoms with van der Waals surface area (Å²) in [6, 6.07) is 10.2. The first-order chi connectivity index (χ1) is 12.6. The second-order valence-corrected chi connectivity index (χ2v) is 6.24. The van der Waals surface area contributed by atoms with Gasteiger partial charge in [0.1, 0.15) is 0 Å². The van der Waals surface area contributed by atoms with Crippen LogP contribution in [0.3, 0.4) is 0 Å². The number of aromatic amines is 1. The second-order valence-electron chi connectivity index (χ2n) is 6.24.